The molecule has 0 unspecified atom stereocenters. The summed E-state index contributed by atoms with van der Waals surface area (Å²) >= 11 is 9.15. The predicted molar refractivity (Wildman–Crippen MR) is 73.8 cm³/mol. The van der Waals surface area contributed by atoms with E-state index in [2.05, 4.69) is 31.1 Å². The molecular formula is C11H8BrClN4O2. The lowest BCUT2D eigenvalue weighted by atomic mass is 10.3. The van der Waals surface area contributed by atoms with Crippen molar-refractivity contribution in [3.05, 3.63) is 45.8 Å². The minimum absolute atomic E-state index is 0.119. The molecule has 8 heteroatoms. The largest absolute Gasteiger partial charge is 0.436 e. The Bertz CT molecular complexity index is 619. The summed E-state index contributed by atoms with van der Waals surface area (Å²) in [6.45, 7) is 0. The molecule has 0 saturated heterocycles. The molecular weight excluding hydrogens is 336 g/mol. The van der Waals surface area contributed by atoms with Crippen LogP contribution in [-0.2, 0) is 0 Å². The Kier molecular flexibility index (Phi) is 4.18. The number of nitrogens with zero attached hydrogens (tertiary/aromatic N) is 3. The molecule has 0 spiro atoms. The van der Waals surface area contributed by atoms with Crippen molar-refractivity contribution in [1.29, 1.82) is 0 Å². The van der Waals surface area contributed by atoms with Crippen molar-refractivity contribution in [2.45, 2.75) is 0 Å². The molecule has 6 nitrogen and oxygen atoms in total. The molecule has 3 N–H and O–H groups in total. The first-order valence-corrected chi connectivity index (χ1v) is 6.20. The maximum Gasteiger partial charge on any atom is 0.237 e. The van der Waals surface area contributed by atoms with Crippen LogP contribution in [-0.4, -0.2) is 21.0 Å². The van der Waals surface area contributed by atoms with Crippen molar-refractivity contribution in [2.24, 2.45) is 10.9 Å². The Morgan fingerprint density at radius 2 is 2.16 bits per heavy atom. The lowest BCUT2D eigenvalue weighted by molar-refractivity contribution is 0.318. The molecule has 0 saturated carbocycles. The van der Waals surface area contributed by atoms with Crippen LogP contribution in [0.2, 0.25) is 5.02 Å². The van der Waals surface area contributed by atoms with E-state index in [-0.39, 0.29) is 17.4 Å². The van der Waals surface area contributed by atoms with E-state index >= 15 is 0 Å². The van der Waals surface area contributed by atoms with Gasteiger partial charge >= 0.3 is 0 Å². The number of ether oxygens (including phenoxy) is 1. The Labute approximate surface area is 122 Å². The van der Waals surface area contributed by atoms with Gasteiger partial charge in [-0.1, -0.05) is 16.8 Å². The first kappa shape index (κ1) is 13.6. The molecule has 0 bridgehead atoms. The van der Waals surface area contributed by atoms with E-state index in [9.17, 15) is 0 Å². The highest BCUT2D eigenvalue weighted by atomic mass is 79.9. The third kappa shape index (κ3) is 3.33. The monoisotopic (exact) mass is 342 g/mol. The maximum absolute atomic E-state index is 8.50. The molecule has 2 aromatic rings. The molecule has 0 amide bonds. The van der Waals surface area contributed by atoms with Gasteiger partial charge in [0.2, 0.25) is 5.88 Å². The van der Waals surface area contributed by atoms with Crippen molar-refractivity contribution < 1.29 is 9.94 Å². The molecule has 0 radical (unpaired) electrons. The minimum atomic E-state index is -0.119. The number of aromatic nitrogens is 2. The Hall–Kier alpha value is -1.86. The van der Waals surface area contributed by atoms with E-state index < -0.39 is 0 Å². The fraction of sp³-hybridized carbons (Fsp3) is 0. The van der Waals surface area contributed by atoms with Gasteiger partial charge in [-0.25, -0.2) is 9.97 Å². The van der Waals surface area contributed by atoms with Gasteiger partial charge in [0.05, 0.1) is 16.9 Å². The van der Waals surface area contributed by atoms with Gasteiger partial charge in [-0.05, 0) is 34.1 Å². The van der Waals surface area contributed by atoms with Gasteiger partial charge in [-0.2, -0.15) is 0 Å². The number of amidine groups is 1. The van der Waals surface area contributed by atoms with Crippen LogP contribution < -0.4 is 10.5 Å². The normalized spacial score (nSPS) is 11.4. The van der Waals surface area contributed by atoms with Gasteiger partial charge in [0.1, 0.15) is 11.4 Å². The topological polar surface area (TPSA) is 93.6 Å². The number of nitrogens with two attached hydrogens (primary N) is 1. The summed E-state index contributed by atoms with van der Waals surface area (Å²) < 4.78 is 6.21. The highest BCUT2D eigenvalue weighted by Gasteiger charge is 2.06. The Morgan fingerprint density at radius 3 is 2.74 bits per heavy atom. The van der Waals surface area contributed by atoms with Crippen molar-refractivity contribution >= 4 is 33.4 Å². The fourth-order valence-electron chi connectivity index (χ4n) is 1.22. The van der Waals surface area contributed by atoms with Crippen LogP contribution >= 0.6 is 27.5 Å². The van der Waals surface area contributed by atoms with E-state index in [1.807, 2.05) is 0 Å². The molecule has 2 rings (SSSR count). The van der Waals surface area contributed by atoms with Crippen molar-refractivity contribution in [3.8, 4) is 11.6 Å². The van der Waals surface area contributed by atoms with E-state index in [0.29, 0.717) is 15.2 Å². The third-order valence-corrected chi connectivity index (χ3v) is 2.96. The zero-order valence-electron chi connectivity index (χ0n) is 9.42. The van der Waals surface area contributed by atoms with Gasteiger partial charge < -0.3 is 15.7 Å². The van der Waals surface area contributed by atoms with Gasteiger partial charge in [0, 0.05) is 5.02 Å². The standard InChI is InChI=1S/C11H8BrClN4O2/c12-7-3-6(13)1-2-9(7)19-10-5-15-8(4-16-10)11(14)17-18/h1-5,18H,(H2,14,17). The smallest absolute Gasteiger partial charge is 0.237 e. The molecule has 19 heavy (non-hydrogen) atoms. The second kappa shape index (κ2) is 5.85. The molecule has 1 aromatic carbocycles. The molecule has 0 fully saturated rings. The number of oxime groups is 1. The quantitative estimate of drug-likeness (QED) is 0.387. The Balaban J connectivity index is 2.20. The zero-order valence-corrected chi connectivity index (χ0v) is 11.8. The second-order valence-corrected chi connectivity index (χ2v) is 4.69. The number of rotatable bonds is 3. The molecule has 0 aliphatic heterocycles. The van der Waals surface area contributed by atoms with E-state index in [1.165, 1.54) is 12.4 Å². The maximum atomic E-state index is 8.50. The summed E-state index contributed by atoms with van der Waals surface area (Å²) in [5.74, 6) is 0.708. The van der Waals surface area contributed by atoms with E-state index in [0.717, 1.165) is 0 Å². The zero-order chi connectivity index (χ0) is 13.8. The lowest BCUT2D eigenvalue weighted by Gasteiger charge is -2.07. The average molecular weight is 344 g/mol. The summed E-state index contributed by atoms with van der Waals surface area (Å²) in [7, 11) is 0. The molecule has 1 aromatic heterocycles. The fourth-order valence-corrected chi connectivity index (χ4v) is 1.99. The summed E-state index contributed by atoms with van der Waals surface area (Å²) in [6, 6.07) is 5.10. The van der Waals surface area contributed by atoms with Crippen LogP contribution in [0.5, 0.6) is 11.6 Å². The SMILES string of the molecule is NC(=NO)c1cnc(Oc2ccc(Cl)cc2Br)cn1. The molecule has 98 valence electrons. The minimum Gasteiger partial charge on any atom is -0.436 e. The summed E-state index contributed by atoms with van der Waals surface area (Å²) in [4.78, 5) is 7.94. The van der Waals surface area contributed by atoms with Gasteiger partial charge in [-0.15, -0.1) is 0 Å². The van der Waals surface area contributed by atoms with Crippen molar-refractivity contribution in [3.63, 3.8) is 0 Å². The number of hydrogen-bond acceptors (Lipinski definition) is 5. The summed E-state index contributed by atoms with van der Waals surface area (Å²) in [6.07, 6.45) is 2.71. The average Bonchev–Trinajstić information content (AvgIpc) is 2.42. The van der Waals surface area contributed by atoms with Crippen molar-refractivity contribution in [1.82, 2.24) is 9.97 Å². The van der Waals surface area contributed by atoms with Crippen LogP contribution in [0.25, 0.3) is 0 Å². The predicted octanol–water partition coefficient (Wildman–Crippen LogP) is 2.78. The van der Waals surface area contributed by atoms with E-state index in [1.54, 1.807) is 18.2 Å². The van der Waals surface area contributed by atoms with Crippen LogP contribution in [0.15, 0.2) is 40.2 Å². The molecule has 0 aliphatic rings. The van der Waals surface area contributed by atoms with Gasteiger partial charge in [-0.3, -0.25) is 0 Å². The van der Waals surface area contributed by atoms with Crippen LogP contribution in [0.4, 0.5) is 0 Å². The second-order valence-electron chi connectivity index (χ2n) is 3.40. The number of halogens is 2. The molecule has 0 aliphatic carbocycles. The third-order valence-electron chi connectivity index (χ3n) is 2.11. The Morgan fingerprint density at radius 1 is 1.37 bits per heavy atom. The summed E-state index contributed by atoms with van der Waals surface area (Å²) in [5.41, 5.74) is 5.63. The van der Waals surface area contributed by atoms with Crippen molar-refractivity contribution in [2.75, 3.05) is 0 Å². The van der Waals surface area contributed by atoms with Crippen LogP contribution in [0.1, 0.15) is 5.69 Å². The first-order valence-electron chi connectivity index (χ1n) is 5.03. The van der Waals surface area contributed by atoms with Crippen LogP contribution in [0.3, 0.4) is 0 Å². The van der Waals surface area contributed by atoms with Gasteiger partial charge in [0.15, 0.2) is 5.84 Å². The number of benzene rings is 1. The summed E-state index contributed by atoms with van der Waals surface area (Å²) in [5, 5.41) is 11.9. The van der Waals surface area contributed by atoms with E-state index in [4.69, 9.17) is 27.3 Å². The molecule has 1 heterocycles. The highest BCUT2D eigenvalue weighted by molar-refractivity contribution is 9.10. The first-order chi connectivity index (χ1) is 9.10. The lowest BCUT2D eigenvalue weighted by Crippen LogP contribution is -2.15. The molecule has 0 atom stereocenters. The number of hydrogen-bond donors (Lipinski definition) is 2. The highest BCUT2D eigenvalue weighted by Crippen LogP contribution is 2.30. The van der Waals surface area contributed by atoms with Gasteiger partial charge in [0.25, 0.3) is 0 Å². The van der Waals surface area contributed by atoms with Crippen LogP contribution in [0, 0.1) is 0 Å².